The minimum absolute atomic E-state index is 0.256. The van der Waals surface area contributed by atoms with Gasteiger partial charge in [0.1, 0.15) is 5.82 Å². The van der Waals surface area contributed by atoms with Crippen LogP contribution in [0.15, 0.2) is 48.9 Å². The van der Waals surface area contributed by atoms with Gasteiger partial charge in [0.05, 0.1) is 17.6 Å². The molecule has 0 bridgehead atoms. The summed E-state index contributed by atoms with van der Waals surface area (Å²) in [5.74, 6) is -0.262. The minimum Gasteiger partial charge on any atom is -0.405 e. The summed E-state index contributed by atoms with van der Waals surface area (Å²) in [7, 11) is 1.85. The zero-order chi connectivity index (χ0) is 16.7. The molecule has 2 rings (SSSR count). The highest BCUT2D eigenvalue weighted by atomic mass is 19.1. The summed E-state index contributed by atoms with van der Waals surface area (Å²) in [6.45, 7) is 2.12. The van der Waals surface area contributed by atoms with Gasteiger partial charge in [0.2, 0.25) is 0 Å². The van der Waals surface area contributed by atoms with E-state index in [1.54, 1.807) is 24.7 Å². The zero-order valence-corrected chi connectivity index (χ0v) is 13.5. The maximum atomic E-state index is 13.5. The molecule has 0 amide bonds. The Morgan fingerprint density at radius 2 is 2.17 bits per heavy atom. The van der Waals surface area contributed by atoms with E-state index in [4.69, 9.17) is 5.73 Å². The average molecular weight is 314 g/mol. The Balaban J connectivity index is 2.36. The van der Waals surface area contributed by atoms with Gasteiger partial charge in [-0.2, -0.15) is 0 Å². The van der Waals surface area contributed by atoms with Crippen molar-refractivity contribution in [1.29, 1.82) is 0 Å². The van der Waals surface area contributed by atoms with Crippen LogP contribution in [0.3, 0.4) is 0 Å². The van der Waals surface area contributed by atoms with Crippen LogP contribution < -0.4 is 16.4 Å². The third kappa shape index (κ3) is 4.22. The van der Waals surface area contributed by atoms with Gasteiger partial charge in [0.15, 0.2) is 0 Å². The fourth-order valence-corrected chi connectivity index (χ4v) is 2.50. The van der Waals surface area contributed by atoms with E-state index in [1.807, 2.05) is 19.2 Å². The lowest BCUT2D eigenvalue weighted by molar-refractivity contribution is 0.628. The van der Waals surface area contributed by atoms with Crippen molar-refractivity contribution in [3.8, 4) is 11.1 Å². The van der Waals surface area contributed by atoms with Crippen molar-refractivity contribution in [2.75, 3.05) is 17.7 Å². The largest absolute Gasteiger partial charge is 0.405 e. The van der Waals surface area contributed by atoms with Crippen molar-refractivity contribution in [1.82, 2.24) is 4.98 Å². The molecule has 1 aromatic carbocycles. The highest BCUT2D eigenvalue weighted by Crippen LogP contribution is 2.34. The van der Waals surface area contributed by atoms with Crippen LogP contribution in [-0.4, -0.2) is 18.1 Å². The van der Waals surface area contributed by atoms with E-state index in [-0.39, 0.29) is 11.9 Å². The number of nitrogens with zero attached hydrogens (tertiary/aromatic N) is 1. The summed E-state index contributed by atoms with van der Waals surface area (Å²) in [5, 5.41) is 6.68. The molecule has 1 aromatic heterocycles. The van der Waals surface area contributed by atoms with E-state index in [0.717, 1.165) is 35.3 Å². The number of rotatable bonds is 7. The topological polar surface area (TPSA) is 63.0 Å². The molecule has 122 valence electrons. The molecule has 0 fully saturated rings. The van der Waals surface area contributed by atoms with Crippen LogP contribution in [0.1, 0.15) is 19.8 Å². The lowest BCUT2D eigenvalue weighted by Gasteiger charge is -2.21. The number of halogens is 1. The Kier molecular flexibility index (Phi) is 5.97. The third-order valence-corrected chi connectivity index (χ3v) is 3.74. The predicted molar refractivity (Wildman–Crippen MR) is 94.8 cm³/mol. The number of benzene rings is 1. The standard InChI is InChI=1S/C18H23FN4/c1-3-15(8-5-9-20)23-17-12-22-11-16(18(17)21-2)13-6-4-7-14(19)10-13/h4-7,9-12,15,23H,3,8,20H2,1-2H3,(H,21,22)/b9-5-. The van der Waals surface area contributed by atoms with Crippen LogP contribution in [0.4, 0.5) is 15.8 Å². The van der Waals surface area contributed by atoms with Gasteiger partial charge in [-0.3, -0.25) is 4.98 Å². The highest BCUT2D eigenvalue weighted by molar-refractivity contribution is 5.86. The Morgan fingerprint density at radius 1 is 1.35 bits per heavy atom. The van der Waals surface area contributed by atoms with E-state index < -0.39 is 0 Å². The van der Waals surface area contributed by atoms with Gasteiger partial charge in [-0.15, -0.1) is 0 Å². The second kappa shape index (κ2) is 8.17. The van der Waals surface area contributed by atoms with Gasteiger partial charge in [-0.05, 0) is 36.7 Å². The van der Waals surface area contributed by atoms with Crippen molar-refractivity contribution in [3.63, 3.8) is 0 Å². The summed E-state index contributed by atoms with van der Waals surface area (Å²) in [6.07, 6.45) is 8.81. The first-order valence-electron chi connectivity index (χ1n) is 7.74. The number of hydrogen-bond donors (Lipinski definition) is 3. The second-order valence-corrected chi connectivity index (χ2v) is 5.28. The maximum Gasteiger partial charge on any atom is 0.123 e. The number of aromatic nitrogens is 1. The van der Waals surface area contributed by atoms with Crippen LogP contribution in [0.5, 0.6) is 0 Å². The fourth-order valence-electron chi connectivity index (χ4n) is 2.50. The molecule has 0 saturated heterocycles. The first-order valence-corrected chi connectivity index (χ1v) is 7.74. The molecule has 5 heteroatoms. The van der Waals surface area contributed by atoms with Gasteiger partial charge >= 0.3 is 0 Å². The summed E-state index contributed by atoms with van der Waals surface area (Å²) in [4.78, 5) is 4.30. The first kappa shape index (κ1) is 16.8. The molecule has 1 unspecified atom stereocenters. The number of nitrogens with two attached hydrogens (primary N) is 1. The number of pyridine rings is 1. The molecule has 1 heterocycles. The van der Waals surface area contributed by atoms with E-state index >= 15 is 0 Å². The van der Waals surface area contributed by atoms with Gasteiger partial charge in [-0.25, -0.2) is 4.39 Å². The monoisotopic (exact) mass is 314 g/mol. The molecule has 23 heavy (non-hydrogen) atoms. The Labute approximate surface area is 136 Å². The maximum absolute atomic E-state index is 13.5. The molecule has 2 aromatic rings. The molecule has 4 nitrogen and oxygen atoms in total. The minimum atomic E-state index is -0.262. The van der Waals surface area contributed by atoms with E-state index in [2.05, 4.69) is 22.5 Å². The van der Waals surface area contributed by atoms with Gasteiger partial charge in [0, 0.05) is 24.8 Å². The van der Waals surface area contributed by atoms with Crippen LogP contribution in [0, 0.1) is 5.82 Å². The molecule has 1 atom stereocenters. The first-order chi connectivity index (χ1) is 11.2. The summed E-state index contributed by atoms with van der Waals surface area (Å²) in [6, 6.07) is 6.77. The molecular formula is C18H23FN4. The van der Waals surface area contributed by atoms with Gasteiger partial charge < -0.3 is 16.4 Å². The van der Waals surface area contributed by atoms with Gasteiger partial charge in [0.25, 0.3) is 0 Å². The zero-order valence-electron chi connectivity index (χ0n) is 13.5. The van der Waals surface area contributed by atoms with Crippen LogP contribution in [0.2, 0.25) is 0 Å². The van der Waals surface area contributed by atoms with Crippen molar-refractivity contribution in [3.05, 3.63) is 54.8 Å². The Bertz CT molecular complexity index is 670. The lowest BCUT2D eigenvalue weighted by Crippen LogP contribution is -2.18. The SMILES string of the molecule is CCC(C/C=C\N)Nc1cncc(-c2cccc(F)c2)c1NC. The molecule has 0 radical (unpaired) electrons. The number of anilines is 2. The van der Waals surface area contributed by atoms with Crippen molar-refractivity contribution < 1.29 is 4.39 Å². The highest BCUT2D eigenvalue weighted by Gasteiger charge is 2.13. The van der Waals surface area contributed by atoms with E-state index in [1.165, 1.54) is 12.1 Å². The van der Waals surface area contributed by atoms with Crippen LogP contribution >= 0.6 is 0 Å². The van der Waals surface area contributed by atoms with Crippen LogP contribution in [-0.2, 0) is 0 Å². The van der Waals surface area contributed by atoms with E-state index in [0.29, 0.717) is 0 Å². The molecule has 0 saturated carbocycles. The van der Waals surface area contributed by atoms with Gasteiger partial charge in [-0.1, -0.05) is 25.1 Å². The Morgan fingerprint density at radius 3 is 2.83 bits per heavy atom. The average Bonchev–Trinajstić information content (AvgIpc) is 2.58. The Hall–Kier alpha value is -2.56. The van der Waals surface area contributed by atoms with Crippen LogP contribution in [0.25, 0.3) is 11.1 Å². The third-order valence-electron chi connectivity index (χ3n) is 3.74. The second-order valence-electron chi connectivity index (χ2n) is 5.28. The van der Waals surface area contributed by atoms with Crippen molar-refractivity contribution >= 4 is 11.4 Å². The van der Waals surface area contributed by atoms with Crippen molar-refractivity contribution in [2.24, 2.45) is 5.73 Å². The predicted octanol–water partition coefficient (Wildman–Crippen LogP) is 3.98. The van der Waals surface area contributed by atoms with Crippen molar-refractivity contribution in [2.45, 2.75) is 25.8 Å². The smallest absolute Gasteiger partial charge is 0.123 e. The number of nitrogens with one attached hydrogen (secondary N) is 2. The summed E-state index contributed by atoms with van der Waals surface area (Å²) >= 11 is 0. The summed E-state index contributed by atoms with van der Waals surface area (Å²) < 4.78 is 13.5. The molecule has 0 aliphatic rings. The summed E-state index contributed by atoms with van der Waals surface area (Å²) in [5.41, 5.74) is 8.88. The molecular weight excluding hydrogens is 291 g/mol. The number of hydrogen-bond acceptors (Lipinski definition) is 4. The quantitative estimate of drug-likeness (QED) is 0.723. The fraction of sp³-hybridized carbons (Fsp3) is 0.278. The normalized spacial score (nSPS) is 12.3. The lowest BCUT2D eigenvalue weighted by atomic mass is 10.0. The molecule has 0 spiro atoms. The molecule has 4 N–H and O–H groups in total. The molecule has 0 aliphatic heterocycles. The van der Waals surface area contributed by atoms with E-state index in [9.17, 15) is 4.39 Å². The molecule has 0 aliphatic carbocycles.